The summed E-state index contributed by atoms with van der Waals surface area (Å²) < 4.78 is 39.2. The zero-order valence-electron chi connectivity index (χ0n) is 16.4. The van der Waals surface area contributed by atoms with Crippen LogP contribution in [0.5, 0.6) is 11.5 Å². The van der Waals surface area contributed by atoms with Gasteiger partial charge in [0.15, 0.2) is 0 Å². The van der Waals surface area contributed by atoms with E-state index < -0.39 is 29.1 Å². The Balaban J connectivity index is 1.54. The average Bonchev–Trinajstić information content (AvgIpc) is 2.66. The van der Waals surface area contributed by atoms with Crippen LogP contribution in [0.3, 0.4) is 0 Å². The summed E-state index contributed by atoms with van der Waals surface area (Å²) in [6.45, 7) is 4.42. The summed E-state index contributed by atoms with van der Waals surface area (Å²) in [6, 6.07) is 8.49. The third-order valence-corrected chi connectivity index (χ3v) is 5.23. The molecule has 2 aromatic rings. The van der Waals surface area contributed by atoms with E-state index in [1.165, 1.54) is 6.07 Å². The fraction of sp³-hybridized carbons (Fsp3) is 0.409. The lowest BCUT2D eigenvalue weighted by Gasteiger charge is -2.32. The maximum absolute atomic E-state index is 13.7. The number of fused-ring (bicyclic) bond motifs is 1. The van der Waals surface area contributed by atoms with E-state index in [1.807, 2.05) is 18.2 Å². The van der Waals surface area contributed by atoms with Gasteiger partial charge in [-0.25, -0.2) is 8.78 Å². The summed E-state index contributed by atoms with van der Waals surface area (Å²) in [4.78, 5) is 12.2. The van der Waals surface area contributed by atoms with Crippen LogP contribution in [0.2, 0.25) is 0 Å². The third kappa shape index (κ3) is 5.38. The van der Waals surface area contributed by atoms with Crippen LogP contribution in [-0.2, 0) is 6.42 Å². The molecule has 7 heteroatoms. The van der Waals surface area contributed by atoms with Crippen LogP contribution >= 0.6 is 11.6 Å². The van der Waals surface area contributed by atoms with Crippen LogP contribution in [0.1, 0.15) is 42.6 Å². The van der Waals surface area contributed by atoms with Crippen molar-refractivity contribution in [2.45, 2.75) is 44.8 Å². The number of halogens is 3. The first-order chi connectivity index (χ1) is 13.8. The molecule has 0 spiro atoms. The minimum absolute atomic E-state index is 0.0955. The van der Waals surface area contributed by atoms with Gasteiger partial charge in [0.25, 0.3) is 5.91 Å². The van der Waals surface area contributed by atoms with Gasteiger partial charge in [0.2, 0.25) is 0 Å². The van der Waals surface area contributed by atoms with Gasteiger partial charge in [0, 0.05) is 18.3 Å². The molecule has 3 rings (SSSR count). The lowest BCUT2D eigenvalue weighted by Crippen LogP contribution is -2.38. The van der Waals surface area contributed by atoms with E-state index in [2.05, 4.69) is 19.2 Å². The SMILES string of the molecule is CC1(C)CCc2cc(OCCC(CCl)NC(=O)c3c(F)cccc3F)ccc2O1. The van der Waals surface area contributed by atoms with Crippen molar-refractivity contribution in [1.29, 1.82) is 0 Å². The van der Waals surface area contributed by atoms with E-state index >= 15 is 0 Å². The minimum Gasteiger partial charge on any atom is -0.494 e. The Bertz CT molecular complexity index is 868. The second-order valence-electron chi connectivity index (χ2n) is 7.69. The quantitative estimate of drug-likeness (QED) is 0.646. The van der Waals surface area contributed by atoms with Gasteiger partial charge in [-0.05, 0) is 62.6 Å². The van der Waals surface area contributed by atoms with Gasteiger partial charge in [-0.15, -0.1) is 11.6 Å². The fourth-order valence-electron chi connectivity index (χ4n) is 3.20. The van der Waals surface area contributed by atoms with Gasteiger partial charge in [-0.3, -0.25) is 4.79 Å². The van der Waals surface area contributed by atoms with Crippen LogP contribution < -0.4 is 14.8 Å². The molecule has 1 amide bonds. The van der Waals surface area contributed by atoms with Crippen LogP contribution in [0.15, 0.2) is 36.4 Å². The highest BCUT2D eigenvalue weighted by molar-refractivity contribution is 6.18. The second-order valence-corrected chi connectivity index (χ2v) is 8.00. The van der Waals surface area contributed by atoms with Crippen LogP contribution in [-0.4, -0.2) is 30.0 Å². The van der Waals surface area contributed by atoms with Crippen molar-refractivity contribution in [3.63, 3.8) is 0 Å². The smallest absolute Gasteiger partial charge is 0.257 e. The van der Waals surface area contributed by atoms with Crippen molar-refractivity contribution in [1.82, 2.24) is 5.32 Å². The van der Waals surface area contributed by atoms with Gasteiger partial charge >= 0.3 is 0 Å². The van der Waals surface area contributed by atoms with Gasteiger partial charge in [-0.2, -0.15) is 0 Å². The summed E-state index contributed by atoms with van der Waals surface area (Å²) in [5.41, 5.74) is 0.318. The maximum Gasteiger partial charge on any atom is 0.257 e. The highest BCUT2D eigenvalue weighted by atomic mass is 35.5. The summed E-state index contributed by atoms with van der Waals surface area (Å²) in [5, 5.41) is 2.56. The minimum atomic E-state index is -0.911. The number of rotatable bonds is 7. The molecule has 1 aliphatic rings. The molecule has 0 saturated carbocycles. The lowest BCUT2D eigenvalue weighted by atomic mass is 9.94. The first-order valence-corrected chi connectivity index (χ1v) is 10.1. The number of nitrogens with one attached hydrogen (secondary N) is 1. The molecule has 0 radical (unpaired) electrons. The van der Waals surface area contributed by atoms with Crippen molar-refractivity contribution in [2.75, 3.05) is 12.5 Å². The van der Waals surface area contributed by atoms with Gasteiger partial charge in [0.1, 0.15) is 34.3 Å². The summed E-state index contributed by atoms with van der Waals surface area (Å²) >= 11 is 5.91. The van der Waals surface area contributed by atoms with E-state index in [9.17, 15) is 13.6 Å². The fourth-order valence-corrected chi connectivity index (χ4v) is 3.44. The normalized spacial score (nSPS) is 15.8. The van der Waals surface area contributed by atoms with Crippen LogP contribution in [0.25, 0.3) is 0 Å². The Morgan fingerprint density at radius 2 is 2.00 bits per heavy atom. The first-order valence-electron chi connectivity index (χ1n) is 9.54. The van der Waals surface area contributed by atoms with E-state index in [0.29, 0.717) is 18.8 Å². The predicted octanol–water partition coefficient (Wildman–Crippen LogP) is 4.87. The summed E-state index contributed by atoms with van der Waals surface area (Å²) in [6.07, 6.45) is 2.23. The molecule has 0 saturated heterocycles. The number of carbonyl (C=O) groups excluding carboxylic acids is 1. The first kappa shape index (κ1) is 21.4. The zero-order chi connectivity index (χ0) is 21.0. The second kappa shape index (κ2) is 8.99. The summed E-state index contributed by atoms with van der Waals surface area (Å²) in [5.74, 6) is -0.991. The van der Waals surface area contributed by atoms with Crippen molar-refractivity contribution in [3.05, 3.63) is 59.2 Å². The molecule has 0 fully saturated rings. The number of alkyl halides is 1. The summed E-state index contributed by atoms with van der Waals surface area (Å²) in [7, 11) is 0. The molecule has 0 aliphatic carbocycles. The zero-order valence-corrected chi connectivity index (χ0v) is 17.2. The van der Waals surface area contributed by atoms with Crippen LogP contribution in [0, 0.1) is 11.6 Å². The highest BCUT2D eigenvalue weighted by Gasteiger charge is 2.26. The number of hydrogen-bond donors (Lipinski definition) is 1. The molecular formula is C22H24ClF2NO3. The topological polar surface area (TPSA) is 47.6 Å². The highest BCUT2D eigenvalue weighted by Crippen LogP contribution is 2.35. The largest absolute Gasteiger partial charge is 0.494 e. The number of aryl methyl sites for hydroxylation is 1. The van der Waals surface area contributed by atoms with Gasteiger partial charge < -0.3 is 14.8 Å². The van der Waals surface area contributed by atoms with Gasteiger partial charge in [-0.1, -0.05) is 6.07 Å². The van der Waals surface area contributed by atoms with E-state index in [-0.39, 0.29) is 11.5 Å². The lowest BCUT2D eigenvalue weighted by molar-refractivity contribution is 0.0843. The Hall–Kier alpha value is -2.34. The maximum atomic E-state index is 13.7. The standard InChI is InChI=1S/C22H24ClF2NO3/c1-22(2)10-8-14-12-16(6-7-19(14)29-22)28-11-9-15(13-23)26-21(27)20-17(24)4-3-5-18(20)25/h3-7,12,15H,8-11,13H2,1-2H3,(H,26,27). The molecule has 0 aromatic heterocycles. The molecule has 0 bridgehead atoms. The molecule has 2 aromatic carbocycles. The molecule has 1 unspecified atom stereocenters. The molecule has 29 heavy (non-hydrogen) atoms. The number of hydrogen-bond acceptors (Lipinski definition) is 3. The van der Waals surface area contributed by atoms with Crippen molar-refractivity contribution >= 4 is 17.5 Å². The molecule has 156 valence electrons. The Kier molecular flexibility index (Phi) is 6.63. The average molecular weight is 424 g/mol. The molecule has 1 atom stereocenters. The number of amides is 1. The van der Waals surface area contributed by atoms with E-state index in [4.69, 9.17) is 21.1 Å². The van der Waals surface area contributed by atoms with E-state index in [1.54, 1.807) is 0 Å². The molecule has 1 N–H and O–H groups in total. The molecule has 4 nitrogen and oxygen atoms in total. The molecular weight excluding hydrogens is 400 g/mol. The molecule has 1 aliphatic heterocycles. The van der Waals surface area contributed by atoms with E-state index in [0.717, 1.165) is 36.3 Å². The number of benzene rings is 2. The predicted molar refractivity (Wildman–Crippen MR) is 108 cm³/mol. The van der Waals surface area contributed by atoms with Crippen molar-refractivity contribution < 1.29 is 23.0 Å². The Morgan fingerprint density at radius 1 is 1.28 bits per heavy atom. The van der Waals surface area contributed by atoms with Gasteiger partial charge in [0.05, 0.1) is 6.61 Å². The number of carbonyl (C=O) groups is 1. The molecule has 1 heterocycles. The monoisotopic (exact) mass is 423 g/mol. The van der Waals surface area contributed by atoms with Crippen molar-refractivity contribution in [3.8, 4) is 11.5 Å². The third-order valence-electron chi connectivity index (χ3n) is 4.86. The van der Waals surface area contributed by atoms with Crippen molar-refractivity contribution in [2.24, 2.45) is 0 Å². The Labute approximate surface area is 174 Å². The Morgan fingerprint density at radius 3 is 2.69 bits per heavy atom. The van der Waals surface area contributed by atoms with Crippen LogP contribution in [0.4, 0.5) is 8.78 Å². The number of ether oxygens (including phenoxy) is 2.